The molecule has 1 aliphatic rings. The monoisotopic (exact) mass is 347 g/mol. The van der Waals surface area contributed by atoms with Gasteiger partial charge in [-0.1, -0.05) is 42.0 Å². The molecule has 0 spiro atoms. The molecule has 2 aromatic carbocycles. The third-order valence-electron chi connectivity index (χ3n) is 5.27. The van der Waals surface area contributed by atoms with Gasteiger partial charge in [0.25, 0.3) is 0 Å². The first kappa shape index (κ1) is 16.8. The van der Waals surface area contributed by atoms with E-state index in [0.717, 1.165) is 49.1 Å². The number of imidazole rings is 1. The summed E-state index contributed by atoms with van der Waals surface area (Å²) in [6.45, 7) is 2.93. The molecule has 1 N–H and O–H groups in total. The Morgan fingerprint density at radius 2 is 2.00 bits per heavy atom. The van der Waals surface area contributed by atoms with Gasteiger partial charge in [-0.05, 0) is 50.3 Å². The average molecular weight is 347 g/mol. The lowest BCUT2D eigenvalue weighted by atomic mass is 10.1. The summed E-state index contributed by atoms with van der Waals surface area (Å²) in [4.78, 5) is 22.9. The third kappa shape index (κ3) is 3.50. The summed E-state index contributed by atoms with van der Waals surface area (Å²) < 4.78 is 0. The lowest BCUT2D eigenvalue weighted by molar-refractivity contribution is -0.132. The predicted octanol–water partition coefficient (Wildman–Crippen LogP) is 4.56. The molecule has 1 fully saturated rings. The highest BCUT2D eigenvalue weighted by Crippen LogP contribution is 2.32. The highest BCUT2D eigenvalue weighted by atomic mass is 16.2. The van der Waals surface area contributed by atoms with Gasteiger partial charge >= 0.3 is 0 Å². The Balaban J connectivity index is 1.39. The number of rotatable bonds is 5. The number of benzene rings is 2. The van der Waals surface area contributed by atoms with Gasteiger partial charge in [-0.15, -0.1) is 0 Å². The van der Waals surface area contributed by atoms with Crippen LogP contribution in [-0.2, 0) is 11.2 Å². The summed E-state index contributed by atoms with van der Waals surface area (Å²) in [5.74, 6) is 1.18. The molecule has 1 amide bonds. The lowest BCUT2D eigenvalue weighted by Gasteiger charge is -2.23. The van der Waals surface area contributed by atoms with E-state index in [0.29, 0.717) is 6.42 Å². The largest absolute Gasteiger partial charge is 0.340 e. The highest BCUT2D eigenvalue weighted by Gasteiger charge is 2.31. The van der Waals surface area contributed by atoms with Crippen LogP contribution in [0.15, 0.2) is 48.5 Å². The molecule has 4 rings (SSSR count). The van der Waals surface area contributed by atoms with Gasteiger partial charge in [-0.25, -0.2) is 4.98 Å². The van der Waals surface area contributed by atoms with Gasteiger partial charge < -0.3 is 9.88 Å². The number of aryl methyl sites for hydroxylation is 2. The maximum atomic E-state index is 12.8. The fraction of sp³-hybridized carbons (Fsp3) is 0.364. The molecular formula is C22H25N3O. The van der Waals surface area contributed by atoms with E-state index in [1.54, 1.807) is 0 Å². The fourth-order valence-corrected chi connectivity index (χ4v) is 3.82. The van der Waals surface area contributed by atoms with Crippen molar-refractivity contribution in [2.45, 2.75) is 45.1 Å². The van der Waals surface area contributed by atoms with Crippen LogP contribution >= 0.6 is 0 Å². The number of para-hydroxylation sites is 2. The van der Waals surface area contributed by atoms with Crippen LogP contribution in [0.4, 0.5) is 0 Å². The Bertz CT molecular complexity index is 864. The summed E-state index contributed by atoms with van der Waals surface area (Å²) in [5, 5.41) is 0. The summed E-state index contributed by atoms with van der Waals surface area (Å²) >= 11 is 0. The maximum absolute atomic E-state index is 12.8. The third-order valence-corrected chi connectivity index (χ3v) is 5.27. The van der Waals surface area contributed by atoms with Crippen LogP contribution < -0.4 is 0 Å². The number of aromatic nitrogens is 2. The Morgan fingerprint density at radius 3 is 2.81 bits per heavy atom. The standard InChI is InChI=1S/C22H25N3O/c1-16-11-13-17(14-12-16)6-4-10-21(26)25-15-5-9-20(25)22-23-18-7-2-3-8-19(18)24-22/h2-3,7-8,11-14,20H,4-6,9-10,15H2,1H3,(H,23,24)/t20-/m1/s1. The number of likely N-dealkylation sites (tertiary alicyclic amines) is 1. The number of carbonyl (C=O) groups excluding carboxylic acids is 1. The van der Waals surface area contributed by atoms with Crippen LogP contribution in [0, 0.1) is 6.92 Å². The maximum Gasteiger partial charge on any atom is 0.223 e. The first-order chi connectivity index (χ1) is 12.7. The van der Waals surface area contributed by atoms with E-state index < -0.39 is 0 Å². The predicted molar refractivity (Wildman–Crippen MR) is 104 cm³/mol. The topological polar surface area (TPSA) is 49.0 Å². The molecule has 1 atom stereocenters. The van der Waals surface area contributed by atoms with E-state index in [4.69, 9.17) is 4.98 Å². The molecule has 4 nitrogen and oxygen atoms in total. The molecule has 26 heavy (non-hydrogen) atoms. The molecule has 1 aliphatic heterocycles. The van der Waals surface area contributed by atoms with Crippen molar-refractivity contribution in [1.29, 1.82) is 0 Å². The van der Waals surface area contributed by atoms with Crippen LogP contribution in [0.5, 0.6) is 0 Å². The summed E-state index contributed by atoms with van der Waals surface area (Å²) in [6.07, 6.45) is 4.49. The molecule has 0 aliphatic carbocycles. The fourth-order valence-electron chi connectivity index (χ4n) is 3.82. The Morgan fingerprint density at radius 1 is 1.19 bits per heavy atom. The van der Waals surface area contributed by atoms with Crippen molar-refractivity contribution in [3.63, 3.8) is 0 Å². The summed E-state index contributed by atoms with van der Waals surface area (Å²) in [6, 6.07) is 16.7. The van der Waals surface area contributed by atoms with E-state index >= 15 is 0 Å². The SMILES string of the molecule is Cc1ccc(CCCC(=O)N2CCC[C@@H]2c2nc3ccccc3[nH]2)cc1. The second kappa shape index (κ2) is 7.32. The molecular weight excluding hydrogens is 322 g/mol. The van der Waals surface area contributed by atoms with E-state index in [1.165, 1.54) is 11.1 Å². The van der Waals surface area contributed by atoms with Crippen LogP contribution in [0.3, 0.4) is 0 Å². The van der Waals surface area contributed by atoms with E-state index in [-0.39, 0.29) is 11.9 Å². The minimum atomic E-state index is 0.0919. The number of nitrogens with zero attached hydrogens (tertiary/aromatic N) is 2. The normalized spacial score (nSPS) is 17.1. The zero-order chi connectivity index (χ0) is 17.9. The first-order valence-electron chi connectivity index (χ1n) is 9.50. The number of carbonyl (C=O) groups is 1. The number of fused-ring (bicyclic) bond motifs is 1. The number of hydrogen-bond acceptors (Lipinski definition) is 2. The average Bonchev–Trinajstić information content (AvgIpc) is 3.29. The van der Waals surface area contributed by atoms with Crippen LogP contribution in [0.1, 0.15) is 48.7 Å². The summed E-state index contributed by atoms with van der Waals surface area (Å²) in [5.41, 5.74) is 4.59. The van der Waals surface area contributed by atoms with Gasteiger partial charge in [0.1, 0.15) is 5.82 Å². The quantitative estimate of drug-likeness (QED) is 0.735. The van der Waals surface area contributed by atoms with Crippen LogP contribution in [-0.4, -0.2) is 27.3 Å². The Kier molecular flexibility index (Phi) is 4.74. The Hall–Kier alpha value is -2.62. The molecule has 1 saturated heterocycles. The van der Waals surface area contributed by atoms with Crippen molar-refractivity contribution in [3.8, 4) is 0 Å². The lowest BCUT2D eigenvalue weighted by Crippen LogP contribution is -2.30. The number of nitrogens with one attached hydrogen (secondary N) is 1. The zero-order valence-corrected chi connectivity index (χ0v) is 15.2. The molecule has 3 aromatic rings. The van der Waals surface area contributed by atoms with E-state index in [2.05, 4.69) is 36.2 Å². The van der Waals surface area contributed by atoms with Gasteiger partial charge in [0.05, 0.1) is 17.1 Å². The second-order valence-corrected chi connectivity index (χ2v) is 7.22. The minimum Gasteiger partial charge on any atom is -0.340 e. The van der Waals surface area contributed by atoms with Gasteiger partial charge in [0.2, 0.25) is 5.91 Å². The van der Waals surface area contributed by atoms with E-state index in [9.17, 15) is 4.79 Å². The molecule has 0 radical (unpaired) electrons. The van der Waals surface area contributed by atoms with Crippen molar-refractivity contribution in [3.05, 3.63) is 65.5 Å². The van der Waals surface area contributed by atoms with Crippen LogP contribution in [0.2, 0.25) is 0 Å². The first-order valence-corrected chi connectivity index (χ1v) is 9.50. The zero-order valence-electron chi connectivity index (χ0n) is 15.2. The molecule has 4 heteroatoms. The van der Waals surface area contributed by atoms with Crippen molar-refractivity contribution >= 4 is 16.9 Å². The molecule has 134 valence electrons. The molecule has 0 saturated carbocycles. The van der Waals surface area contributed by atoms with Crippen molar-refractivity contribution in [2.24, 2.45) is 0 Å². The summed E-state index contributed by atoms with van der Waals surface area (Å²) in [7, 11) is 0. The van der Waals surface area contributed by atoms with Crippen molar-refractivity contribution < 1.29 is 4.79 Å². The number of hydrogen-bond donors (Lipinski definition) is 1. The Labute approximate surface area is 154 Å². The van der Waals surface area contributed by atoms with Crippen molar-refractivity contribution in [2.75, 3.05) is 6.54 Å². The van der Waals surface area contributed by atoms with Crippen molar-refractivity contribution in [1.82, 2.24) is 14.9 Å². The molecule has 0 bridgehead atoms. The van der Waals surface area contributed by atoms with Gasteiger partial charge in [-0.2, -0.15) is 0 Å². The van der Waals surface area contributed by atoms with Gasteiger partial charge in [0, 0.05) is 13.0 Å². The van der Waals surface area contributed by atoms with Gasteiger partial charge in [0.15, 0.2) is 0 Å². The molecule has 1 aromatic heterocycles. The minimum absolute atomic E-state index is 0.0919. The molecule has 2 heterocycles. The van der Waals surface area contributed by atoms with Gasteiger partial charge in [-0.3, -0.25) is 4.79 Å². The smallest absolute Gasteiger partial charge is 0.223 e. The number of H-pyrrole nitrogens is 1. The highest BCUT2D eigenvalue weighted by molar-refractivity contribution is 5.78. The number of amides is 1. The van der Waals surface area contributed by atoms with Crippen LogP contribution in [0.25, 0.3) is 11.0 Å². The molecule has 0 unspecified atom stereocenters. The number of aromatic amines is 1. The second-order valence-electron chi connectivity index (χ2n) is 7.22. The van der Waals surface area contributed by atoms with E-state index in [1.807, 2.05) is 29.2 Å².